The van der Waals surface area contributed by atoms with E-state index in [2.05, 4.69) is 16.9 Å². The predicted octanol–water partition coefficient (Wildman–Crippen LogP) is 2.13. The van der Waals surface area contributed by atoms with Crippen molar-refractivity contribution < 1.29 is 19.5 Å². The predicted molar refractivity (Wildman–Crippen MR) is 82.4 cm³/mol. The number of carboxylic acid groups (broad SMARTS) is 1. The van der Waals surface area contributed by atoms with E-state index < -0.39 is 12.0 Å². The SMILES string of the molecule is CSC1(CNC(=O)NC(=O)CCCCC(=O)O)CCCC1. The van der Waals surface area contributed by atoms with Crippen LogP contribution in [-0.2, 0) is 9.59 Å². The van der Waals surface area contributed by atoms with Gasteiger partial charge in [0.15, 0.2) is 0 Å². The van der Waals surface area contributed by atoms with Gasteiger partial charge < -0.3 is 10.4 Å². The Bertz CT molecular complexity index is 381. The third-order valence-electron chi connectivity index (χ3n) is 3.82. The number of hydrogen-bond acceptors (Lipinski definition) is 4. The second-order valence-electron chi connectivity index (χ2n) is 5.43. The zero-order valence-corrected chi connectivity index (χ0v) is 13.3. The number of nitrogens with one attached hydrogen (secondary N) is 2. The largest absolute Gasteiger partial charge is 0.481 e. The summed E-state index contributed by atoms with van der Waals surface area (Å²) in [6, 6.07) is -0.460. The van der Waals surface area contributed by atoms with Gasteiger partial charge in [0.1, 0.15) is 0 Å². The summed E-state index contributed by atoms with van der Waals surface area (Å²) in [6.07, 6.45) is 7.76. The molecular formula is C14H24N2O4S. The van der Waals surface area contributed by atoms with Crippen LogP contribution < -0.4 is 10.6 Å². The Morgan fingerprint density at radius 3 is 2.33 bits per heavy atom. The first kappa shape index (κ1) is 17.8. The Morgan fingerprint density at radius 2 is 1.76 bits per heavy atom. The van der Waals surface area contributed by atoms with Crippen LogP contribution >= 0.6 is 11.8 Å². The number of rotatable bonds is 8. The fourth-order valence-electron chi connectivity index (χ4n) is 2.51. The van der Waals surface area contributed by atoms with Gasteiger partial charge >= 0.3 is 12.0 Å². The lowest BCUT2D eigenvalue weighted by Gasteiger charge is -2.26. The summed E-state index contributed by atoms with van der Waals surface area (Å²) >= 11 is 1.78. The van der Waals surface area contributed by atoms with Gasteiger partial charge in [-0.3, -0.25) is 14.9 Å². The smallest absolute Gasteiger partial charge is 0.321 e. The first-order valence-corrected chi connectivity index (χ1v) is 8.54. The lowest BCUT2D eigenvalue weighted by molar-refractivity contribution is -0.137. The van der Waals surface area contributed by atoms with Crippen LogP contribution in [0.4, 0.5) is 4.79 Å². The molecule has 0 spiro atoms. The summed E-state index contributed by atoms with van der Waals surface area (Å²) in [5.41, 5.74) is 0. The molecule has 0 atom stereocenters. The zero-order valence-electron chi connectivity index (χ0n) is 12.4. The minimum Gasteiger partial charge on any atom is -0.481 e. The highest BCUT2D eigenvalue weighted by molar-refractivity contribution is 8.00. The van der Waals surface area contributed by atoms with Gasteiger partial charge in [0.25, 0.3) is 0 Å². The number of imide groups is 1. The average Bonchev–Trinajstić information content (AvgIpc) is 2.91. The molecule has 6 nitrogen and oxygen atoms in total. The number of urea groups is 1. The van der Waals surface area contributed by atoms with Crippen LogP contribution in [0.5, 0.6) is 0 Å². The topological polar surface area (TPSA) is 95.5 Å². The van der Waals surface area contributed by atoms with E-state index in [1.54, 1.807) is 11.8 Å². The fourth-order valence-corrected chi connectivity index (χ4v) is 3.42. The van der Waals surface area contributed by atoms with E-state index in [0.29, 0.717) is 19.4 Å². The molecule has 1 aliphatic rings. The summed E-state index contributed by atoms with van der Waals surface area (Å²) in [5.74, 6) is -1.23. The minimum absolute atomic E-state index is 0.0513. The van der Waals surface area contributed by atoms with E-state index in [1.165, 1.54) is 12.8 Å². The lowest BCUT2D eigenvalue weighted by atomic mass is 10.1. The summed E-state index contributed by atoms with van der Waals surface area (Å²) in [6.45, 7) is 0.576. The van der Waals surface area contributed by atoms with Gasteiger partial charge in [-0.2, -0.15) is 11.8 Å². The van der Waals surface area contributed by atoms with E-state index in [9.17, 15) is 14.4 Å². The number of hydrogen-bond donors (Lipinski definition) is 3. The van der Waals surface area contributed by atoms with Crippen molar-refractivity contribution in [3.63, 3.8) is 0 Å². The number of carbonyl (C=O) groups is 3. The molecule has 0 aromatic rings. The Morgan fingerprint density at radius 1 is 1.14 bits per heavy atom. The lowest BCUT2D eigenvalue weighted by Crippen LogP contribution is -2.45. The van der Waals surface area contributed by atoms with E-state index in [0.717, 1.165) is 12.8 Å². The molecule has 1 aliphatic carbocycles. The van der Waals surface area contributed by atoms with Crippen LogP contribution in [-0.4, -0.2) is 40.6 Å². The zero-order chi connectivity index (χ0) is 15.7. The first-order chi connectivity index (χ1) is 9.97. The minimum atomic E-state index is -0.868. The van der Waals surface area contributed by atoms with Gasteiger partial charge in [-0.15, -0.1) is 0 Å². The fraction of sp³-hybridized carbons (Fsp3) is 0.786. The molecule has 120 valence electrons. The number of aliphatic carboxylic acids is 1. The number of carboxylic acids is 1. The molecule has 0 aliphatic heterocycles. The second-order valence-corrected chi connectivity index (χ2v) is 6.70. The highest BCUT2D eigenvalue weighted by atomic mass is 32.2. The first-order valence-electron chi connectivity index (χ1n) is 7.32. The van der Waals surface area contributed by atoms with Crippen molar-refractivity contribution in [2.24, 2.45) is 0 Å². The molecule has 0 radical (unpaired) electrons. The van der Waals surface area contributed by atoms with Gasteiger partial charge in [0.05, 0.1) is 0 Å². The summed E-state index contributed by atoms with van der Waals surface area (Å²) in [5, 5.41) is 13.5. The van der Waals surface area contributed by atoms with Gasteiger partial charge in [-0.1, -0.05) is 12.8 Å². The van der Waals surface area contributed by atoms with Crippen molar-refractivity contribution in [3.8, 4) is 0 Å². The van der Waals surface area contributed by atoms with Crippen molar-refractivity contribution in [2.45, 2.75) is 56.1 Å². The van der Waals surface area contributed by atoms with E-state index in [1.807, 2.05) is 0 Å². The molecule has 0 bridgehead atoms. The van der Waals surface area contributed by atoms with Gasteiger partial charge in [-0.05, 0) is 31.9 Å². The maximum atomic E-state index is 11.7. The molecule has 1 rings (SSSR count). The van der Waals surface area contributed by atoms with Crippen LogP contribution in [0.2, 0.25) is 0 Å². The van der Waals surface area contributed by atoms with Crippen LogP contribution in [0.1, 0.15) is 51.4 Å². The second kappa shape index (κ2) is 8.92. The summed E-state index contributed by atoms with van der Waals surface area (Å²) < 4.78 is 0.113. The van der Waals surface area contributed by atoms with Crippen LogP contribution in [0.25, 0.3) is 0 Å². The summed E-state index contributed by atoms with van der Waals surface area (Å²) in [4.78, 5) is 33.5. The molecule has 0 heterocycles. The van der Waals surface area contributed by atoms with Crippen LogP contribution in [0, 0.1) is 0 Å². The van der Waals surface area contributed by atoms with Crippen molar-refractivity contribution in [1.29, 1.82) is 0 Å². The van der Waals surface area contributed by atoms with E-state index in [-0.39, 0.29) is 23.5 Å². The average molecular weight is 316 g/mol. The van der Waals surface area contributed by atoms with Gasteiger partial charge in [0, 0.05) is 24.1 Å². The Balaban J connectivity index is 2.17. The number of unbranched alkanes of at least 4 members (excludes halogenated alkanes) is 1. The Hall–Kier alpha value is -1.24. The van der Waals surface area contributed by atoms with Gasteiger partial charge in [-0.25, -0.2) is 4.79 Å². The normalized spacial score (nSPS) is 16.4. The molecule has 1 fully saturated rings. The monoisotopic (exact) mass is 316 g/mol. The maximum absolute atomic E-state index is 11.7. The summed E-state index contributed by atoms with van der Waals surface area (Å²) in [7, 11) is 0. The van der Waals surface area contributed by atoms with Crippen molar-refractivity contribution in [3.05, 3.63) is 0 Å². The molecule has 21 heavy (non-hydrogen) atoms. The Kier molecular flexibility index (Phi) is 7.56. The maximum Gasteiger partial charge on any atom is 0.321 e. The third-order valence-corrected chi connectivity index (χ3v) is 5.23. The molecule has 3 amide bonds. The molecular weight excluding hydrogens is 292 g/mol. The van der Waals surface area contributed by atoms with Crippen molar-refractivity contribution in [1.82, 2.24) is 10.6 Å². The highest BCUT2D eigenvalue weighted by Gasteiger charge is 2.33. The third kappa shape index (κ3) is 6.84. The molecule has 0 saturated heterocycles. The number of carbonyl (C=O) groups excluding carboxylic acids is 2. The number of thioether (sulfide) groups is 1. The molecule has 0 unspecified atom stereocenters. The van der Waals surface area contributed by atoms with Crippen molar-refractivity contribution in [2.75, 3.05) is 12.8 Å². The van der Waals surface area contributed by atoms with E-state index >= 15 is 0 Å². The molecule has 3 N–H and O–H groups in total. The van der Waals surface area contributed by atoms with Crippen molar-refractivity contribution >= 4 is 29.7 Å². The van der Waals surface area contributed by atoms with E-state index in [4.69, 9.17) is 5.11 Å². The van der Waals surface area contributed by atoms with Crippen LogP contribution in [0.15, 0.2) is 0 Å². The molecule has 0 aromatic heterocycles. The highest BCUT2D eigenvalue weighted by Crippen LogP contribution is 2.39. The molecule has 7 heteroatoms. The Labute approximate surface area is 129 Å². The quantitative estimate of drug-likeness (QED) is 0.596. The molecule has 0 aromatic carbocycles. The standard InChI is InChI=1S/C14H24N2O4S/c1-21-14(8-4-5-9-14)10-15-13(20)16-11(17)6-2-3-7-12(18)19/h2-10H2,1H3,(H,18,19)(H2,15,16,17,20). The van der Waals surface area contributed by atoms with Crippen LogP contribution in [0.3, 0.4) is 0 Å². The van der Waals surface area contributed by atoms with Gasteiger partial charge in [0.2, 0.25) is 5.91 Å². The number of amides is 3. The molecule has 1 saturated carbocycles.